The van der Waals surface area contributed by atoms with Crippen LogP contribution in [0.25, 0.3) is 0 Å². The van der Waals surface area contributed by atoms with Gasteiger partial charge in [0.2, 0.25) is 0 Å². The summed E-state index contributed by atoms with van der Waals surface area (Å²) >= 11 is 1.89. The first kappa shape index (κ1) is 14.9. The molecule has 1 aromatic rings. The van der Waals surface area contributed by atoms with E-state index >= 15 is 0 Å². The molecule has 0 radical (unpaired) electrons. The molecule has 1 atom stereocenters. The lowest BCUT2D eigenvalue weighted by atomic mass is 10.1. The molecule has 1 N–H and O–H groups in total. The van der Waals surface area contributed by atoms with E-state index in [1.807, 2.05) is 16.7 Å². The highest BCUT2D eigenvalue weighted by Crippen LogP contribution is 2.19. The van der Waals surface area contributed by atoms with Gasteiger partial charge in [-0.2, -0.15) is 11.8 Å². The number of rotatable bonds is 2. The van der Waals surface area contributed by atoms with Gasteiger partial charge in [-0.3, -0.25) is 4.79 Å². The van der Waals surface area contributed by atoms with E-state index in [1.165, 1.54) is 0 Å². The average molecular weight is 290 g/mol. The number of amides is 1. The predicted molar refractivity (Wildman–Crippen MR) is 80.6 cm³/mol. The molecule has 1 fully saturated rings. The van der Waals surface area contributed by atoms with Crippen LogP contribution >= 0.6 is 11.8 Å². The van der Waals surface area contributed by atoms with Crippen molar-refractivity contribution in [1.29, 1.82) is 0 Å². The van der Waals surface area contributed by atoms with E-state index in [-0.39, 0.29) is 12.5 Å². The zero-order valence-corrected chi connectivity index (χ0v) is 12.3. The minimum Gasteiger partial charge on any atom is -0.395 e. The highest BCUT2D eigenvalue weighted by atomic mass is 32.2. The molecule has 1 unspecified atom stereocenters. The van der Waals surface area contributed by atoms with Crippen LogP contribution in [0.4, 0.5) is 0 Å². The van der Waals surface area contributed by atoms with Gasteiger partial charge < -0.3 is 10.0 Å². The van der Waals surface area contributed by atoms with Crippen molar-refractivity contribution in [1.82, 2.24) is 9.88 Å². The summed E-state index contributed by atoms with van der Waals surface area (Å²) in [5.74, 6) is 6.68. The maximum Gasteiger partial charge on any atom is 0.273 e. The van der Waals surface area contributed by atoms with Crippen LogP contribution in [0.15, 0.2) is 18.3 Å². The van der Waals surface area contributed by atoms with Crippen LogP contribution in [0.5, 0.6) is 0 Å². The lowest BCUT2D eigenvalue weighted by molar-refractivity contribution is 0.0757. The van der Waals surface area contributed by atoms with Gasteiger partial charge in [-0.15, -0.1) is 0 Å². The highest BCUT2D eigenvalue weighted by Gasteiger charge is 2.24. The number of thioether (sulfide) groups is 1. The van der Waals surface area contributed by atoms with Crippen LogP contribution in [0, 0.1) is 11.8 Å². The first-order valence-corrected chi connectivity index (χ1v) is 7.73. The summed E-state index contributed by atoms with van der Waals surface area (Å²) in [6, 6.07) is 3.57. The second kappa shape index (κ2) is 7.32. The Kier molecular flexibility index (Phi) is 5.45. The third-order valence-corrected chi connectivity index (χ3v) is 4.13. The normalized spacial score (nSPS) is 18.3. The standard InChI is InChI=1S/C15H18N2O2S/c1-12-11-17(8-10-20-12)15(19)14-13(5-2-3-9-18)6-4-7-16-14/h4,6-7,12,18H,3,8-11H2,1H3. The van der Waals surface area contributed by atoms with Crippen LogP contribution in [-0.4, -0.2) is 51.6 Å². The molecular formula is C15H18N2O2S. The van der Waals surface area contributed by atoms with E-state index in [0.717, 1.165) is 18.8 Å². The summed E-state index contributed by atoms with van der Waals surface area (Å²) in [6.07, 6.45) is 2.02. The molecule has 1 aliphatic heterocycles. The van der Waals surface area contributed by atoms with Crippen molar-refractivity contribution in [2.45, 2.75) is 18.6 Å². The number of carbonyl (C=O) groups excluding carboxylic acids is 1. The molecule has 20 heavy (non-hydrogen) atoms. The van der Waals surface area contributed by atoms with Gasteiger partial charge in [0.25, 0.3) is 5.91 Å². The molecule has 0 aliphatic carbocycles. The number of nitrogens with zero attached hydrogens (tertiary/aromatic N) is 2. The number of hydrogen-bond acceptors (Lipinski definition) is 4. The first-order valence-electron chi connectivity index (χ1n) is 6.68. The molecule has 1 aliphatic rings. The van der Waals surface area contributed by atoms with Crippen molar-refractivity contribution in [3.05, 3.63) is 29.6 Å². The van der Waals surface area contributed by atoms with E-state index in [4.69, 9.17) is 5.11 Å². The third kappa shape index (κ3) is 3.75. The Hall–Kier alpha value is -1.51. The van der Waals surface area contributed by atoms with Gasteiger partial charge in [0, 0.05) is 36.7 Å². The Bertz CT molecular complexity index is 536. The van der Waals surface area contributed by atoms with E-state index in [2.05, 4.69) is 23.7 Å². The molecule has 5 heteroatoms. The van der Waals surface area contributed by atoms with Crippen LogP contribution in [-0.2, 0) is 0 Å². The maximum atomic E-state index is 12.5. The van der Waals surface area contributed by atoms with E-state index < -0.39 is 0 Å². The second-order valence-electron chi connectivity index (χ2n) is 4.61. The van der Waals surface area contributed by atoms with E-state index in [0.29, 0.717) is 22.9 Å². The zero-order chi connectivity index (χ0) is 14.4. The Labute approximate surface area is 123 Å². The Morgan fingerprint density at radius 1 is 1.65 bits per heavy atom. The fourth-order valence-electron chi connectivity index (χ4n) is 2.04. The molecule has 106 valence electrons. The van der Waals surface area contributed by atoms with Gasteiger partial charge in [-0.1, -0.05) is 18.8 Å². The third-order valence-electron chi connectivity index (χ3n) is 3.00. The maximum absolute atomic E-state index is 12.5. The fraction of sp³-hybridized carbons (Fsp3) is 0.467. The fourth-order valence-corrected chi connectivity index (χ4v) is 3.06. The van der Waals surface area contributed by atoms with Gasteiger partial charge in [-0.05, 0) is 12.1 Å². The van der Waals surface area contributed by atoms with Crippen LogP contribution in [0.3, 0.4) is 0 Å². The summed E-state index contributed by atoms with van der Waals surface area (Å²) < 4.78 is 0. The second-order valence-corrected chi connectivity index (χ2v) is 6.15. The smallest absolute Gasteiger partial charge is 0.273 e. The number of aliphatic hydroxyl groups excluding tert-OH is 1. The van der Waals surface area contributed by atoms with Crippen LogP contribution < -0.4 is 0 Å². The molecule has 2 heterocycles. The Morgan fingerprint density at radius 2 is 2.50 bits per heavy atom. The minimum absolute atomic E-state index is 0.0252. The number of aromatic nitrogens is 1. The molecule has 1 saturated heterocycles. The number of aliphatic hydroxyl groups is 1. The van der Waals surface area contributed by atoms with Crippen molar-refractivity contribution in [2.24, 2.45) is 0 Å². The average Bonchev–Trinajstić information content (AvgIpc) is 2.47. The van der Waals surface area contributed by atoms with Crippen LogP contribution in [0.1, 0.15) is 29.4 Å². The Morgan fingerprint density at radius 3 is 3.25 bits per heavy atom. The van der Waals surface area contributed by atoms with Crippen molar-refractivity contribution in [3.63, 3.8) is 0 Å². The van der Waals surface area contributed by atoms with Crippen molar-refractivity contribution in [3.8, 4) is 11.8 Å². The summed E-state index contributed by atoms with van der Waals surface area (Å²) in [7, 11) is 0. The molecule has 0 spiro atoms. The molecule has 1 amide bonds. The summed E-state index contributed by atoms with van der Waals surface area (Å²) in [6.45, 7) is 3.67. The lowest BCUT2D eigenvalue weighted by Gasteiger charge is -2.30. The monoisotopic (exact) mass is 290 g/mol. The van der Waals surface area contributed by atoms with Gasteiger partial charge in [0.1, 0.15) is 5.69 Å². The van der Waals surface area contributed by atoms with Crippen molar-refractivity contribution in [2.75, 3.05) is 25.4 Å². The van der Waals surface area contributed by atoms with Gasteiger partial charge in [-0.25, -0.2) is 4.98 Å². The molecule has 4 nitrogen and oxygen atoms in total. The molecule has 0 saturated carbocycles. The quantitative estimate of drug-likeness (QED) is 0.836. The van der Waals surface area contributed by atoms with E-state index in [9.17, 15) is 4.79 Å². The van der Waals surface area contributed by atoms with E-state index in [1.54, 1.807) is 18.3 Å². The zero-order valence-electron chi connectivity index (χ0n) is 11.5. The molecule has 2 rings (SSSR count). The molecule has 0 bridgehead atoms. The minimum atomic E-state index is -0.0500. The number of hydrogen-bond donors (Lipinski definition) is 1. The number of carbonyl (C=O) groups is 1. The topological polar surface area (TPSA) is 53.4 Å². The molecule has 1 aromatic heterocycles. The summed E-state index contributed by atoms with van der Waals surface area (Å²) in [5, 5.41) is 9.22. The highest BCUT2D eigenvalue weighted by molar-refractivity contribution is 7.99. The van der Waals surface area contributed by atoms with Gasteiger partial charge >= 0.3 is 0 Å². The summed E-state index contributed by atoms with van der Waals surface area (Å²) in [4.78, 5) is 18.6. The van der Waals surface area contributed by atoms with Crippen molar-refractivity contribution >= 4 is 17.7 Å². The largest absolute Gasteiger partial charge is 0.395 e. The Balaban J connectivity index is 2.19. The first-order chi connectivity index (χ1) is 9.72. The predicted octanol–water partition coefficient (Wildman–Crippen LogP) is 1.39. The molecular weight excluding hydrogens is 272 g/mol. The van der Waals surface area contributed by atoms with Crippen molar-refractivity contribution < 1.29 is 9.90 Å². The van der Waals surface area contributed by atoms with Gasteiger partial charge in [0.15, 0.2) is 0 Å². The SMILES string of the molecule is CC1CN(C(=O)c2ncccc2C#CCCO)CCS1. The molecule has 0 aromatic carbocycles. The summed E-state index contributed by atoms with van der Waals surface area (Å²) in [5.41, 5.74) is 1.05. The van der Waals surface area contributed by atoms with Crippen LogP contribution in [0.2, 0.25) is 0 Å². The number of pyridine rings is 1. The lowest BCUT2D eigenvalue weighted by Crippen LogP contribution is -2.41. The van der Waals surface area contributed by atoms with Gasteiger partial charge in [0.05, 0.1) is 12.2 Å².